The van der Waals surface area contributed by atoms with E-state index in [2.05, 4.69) is 5.32 Å². The first-order valence-electron chi connectivity index (χ1n) is 4.76. The molecule has 0 radical (unpaired) electrons. The molecule has 2 rings (SSSR count). The lowest BCUT2D eigenvalue weighted by molar-refractivity contribution is 0.0944. The summed E-state index contributed by atoms with van der Waals surface area (Å²) in [6.45, 7) is 1.95. The van der Waals surface area contributed by atoms with E-state index < -0.39 is 0 Å². The maximum atomic E-state index is 11.8. The minimum atomic E-state index is -0.0352. The van der Waals surface area contributed by atoms with Crippen LogP contribution in [0.3, 0.4) is 0 Å². The summed E-state index contributed by atoms with van der Waals surface area (Å²) >= 11 is 8.78. The molecule has 0 aliphatic rings. The molecule has 2 aromatic rings. The monoisotopic (exact) mass is 271 g/mol. The molecule has 0 spiro atoms. The van der Waals surface area contributed by atoms with Gasteiger partial charge in [0.1, 0.15) is 0 Å². The topological polar surface area (TPSA) is 29.1 Å². The van der Waals surface area contributed by atoms with Crippen LogP contribution in [0.5, 0.6) is 0 Å². The molecule has 0 fully saturated rings. The molecule has 0 aliphatic heterocycles. The highest BCUT2D eigenvalue weighted by Crippen LogP contribution is 2.26. The summed E-state index contributed by atoms with van der Waals surface area (Å²) in [5.41, 5.74) is 0. The van der Waals surface area contributed by atoms with Crippen molar-refractivity contribution in [3.05, 3.63) is 43.7 Å². The summed E-state index contributed by atoms with van der Waals surface area (Å²) < 4.78 is 0.743. The van der Waals surface area contributed by atoms with Crippen LogP contribution < -0.4 is 5.32 Å². The molecule has 0 aliphatic carbocycles. The lowest BCUT2D eigenvalue weighted by atomic mass is 10.2. The van der Waals surface area contributed by atoms with Crippen molar-refractivity contribution < 1.29 is 4.79 Å². The van der Waals surface area contributed by atoms with Gasteiger partial charge in [0, 0.05) is 4.88 Å². The van der Waals surface area contributed by atoms with Crippen molar-refractivity contribution in [2.24, 2.45) is 0 Å². The van der Waals surface area contributed by atoms with Crippen molar-refractivity contribution in [2.45, 2.75) is 13.0 Å². The van der Waals surface area contributed by atoms with E-state index in [0.717, 1.165) is 14.1 Å². The zero-order valence-corrected chi connectivity index (χ0v) is 11.0. The molecule has 0 unspecified atom stereocenters. The van der Waals surface area contributed by atoms with Crippen molar-refractivity contribution in [3.8, 4) is 0 Å². The minimum Gasteiger partial charge on any atom is -0.344 e. The number of hydrogen-bond acceptors (Lipinski definition) is 3. The number of rotatable bonds is 3. The highest BCUT2D eigenvalue weighted by Gasteiger charge is 2.13. The third-order valence-corrected chi connectivity index (χ3v) is 4.40. The van der Waals surface area contributed by atoms with Crippen LogP contribution in [-0.4, -0.2) is 5.91 Å². The highest BCUT2D eigenvalue weighted by molar-refractivity contribution is 7.16. The minimum absolute atomic E-state index is 0.00731. The fraction of sp³-hybridized carbons (Fsp3) is 0.182. The summed E-state index contributed by atoms with van der Waals surface area (Å²) in [7, 11) is 0. The predicted octanol–water partition coefficient (Wildman–Crippen LogP) is 3.95. The lowest BCUT2D eigenvalue weighted by Gasteiger charge is -2.10. The summed E-state index contributed by atoms with van der Waals surface area (Å²) in [4.78, 5) is 13.6. The molecule has 0 saturated heterocycles. The number of thiophene rings is 2. The molecule has 16 heavy (non-hydrogen) atoms. The fourth-order valence-electron chi connectivity index (χ4n) is 1.31. The molecule has 0 aromatic carbocycles. The van der Waals surface area contributed by atoms with E-state index in [9.17, 15) is 4.79 Å². The lowest BCUT2D eigenvalue weighted by Crippen LogP contribution is -2.25. The first-order chi connectivity index (χ1) is 7.66. The van der Waals surface area contributed by atoms with Gasteiger partial charge in [0.15, 0.2) is 0 Å². The van der Waals surface area contributed by atoms with Crippen molar-refractivity contribution in [3.63, 3.8) is 0 Å². The van der Waals surface area contributed by atoms with Gasteiger partial charge < -0.3 is 5.32 Å². The van der Waals surface area contributed by atoms with Crippen LogP contribution in [0.1, 0.15) is 27.5 Å². The Balaban J connectivity index is 2.03. The molecule has 0 bridgehead atoms. The number of nitrogens with one attached hydrogen (secondary N) is 1. The van der Waals surface area contributed by atoms with Gasteiger partial charge in [-0.1, -0.05) is 17.7 Å². The van der Waals surface area contributed by atoms with E-state index in [1.165, 1.54) is 22.7 Å². The molecule has 1 amide bonds. The number of carbonyl (C=O) groups is 1. The number of carbonyl (C=O) groups excluding carboxylic acids is 1. The maximum Gasteiger partial charge on any atom is 0.261 e. The van der Waals surface area contributed by atoms with Gasteiger partial charge in [0.05, 0.1) is 15.3 Å². The van der Waals surface area contributed by atoms with E-state index in [0.29, 0.717) is 0 Å². The smallest absolute Gasteiger partial charge is 0.261 e. The average molecular weight is 272 g/mol. The third-order valence-electron chi connectivity index (χ3n) is 2.11. The largest absolute Gasteiger partial charge is 0.344 e. The Morgan fingerprint density at radius 2 is 2.25 bits per heavy atom. The quantitative estimate of drug-likeness (QED) is 0.900. The summed E-state index contributed by atoms with van der Waals surface area (Å²) in [6.07, 6.45) is 0. The Morgan fingerprint density at radius 3 is 2.81 bits per heavy atom. The van der Waals surface area contributed by atoms with Crippen molar-refractivity contribution in [1.82, 2.24) is 5.32 Å². The van der Waals surface area contributed by atoms with E-state index >= 15 is 0 Å². The molecule has 1 N–H and O–H groups in total. The van der Waals surface area contributed by atoms with Crippen LogP contribution in [0.2, 0.25) is 4.34 Å². The predicted molar refractivity (Wildman–Crippen MR) is 69.5 cm³/mol. The first-order valence-corrected chi connectivity index (χ1v) is 6.84. The van der Waals surface area contributed by atoms with Crippen molar-refractivity contribution in [2.75, 3.05) is 0 Å². The Labute approximate surface area is 107 Å². The van der Waals surface area contributed by atoms with Gasteiger partial charge >= 0.3 is 0 Å². The second-order valence-corrected chi connectivity index (χ2v) is 6.01. The number of halogens is 1. The van der Waals surface area contributed by atoms with Gasteiger partial charge in [-0.3, -0.25) is 4.79 Å². The molecular formula is C11H10ClNOS2. The van der Waals surface area contributed by atoms with Crippen molar-refractivity contribution >= 4 is 40.2 Å². The molecule has 2 nitrogen and oxygen atoms in total. The summed E-state index contributed by atoms with van der Waals surface area (Å²) in [5, 5.41) is 4.83. The fourth-order valence-corrected chi connectivity index (χ4v) is 3.00. The molecule has 2 heterocycles. The highest BCUT2D eigenvalue weighted by atomic mass is 35.5. The second kappa shape index (κ2) is 4.99. The van der Waals surface area contributed by atoms with Crippen LogP contribution in [0.4, 0.5) is 0 Å². The Kier molecular flexibility index (Phi) is 3.63. The third kappa shape index (κ3) is 2.64. The van der Waals surface area contributed by atoms with Gasteiger partial charge in [-0.15, -0.1) is 22.7 Å². The zero-order chi connectivity index (χ0) is 11.5. The molecular weight excluding hydrogens is 262 g/mol. The molecule has 2 aromatic heterocycles. The normalized spacial score (nSPS) is 12.4. The van der Waals surface area contributed by atoms with Crippen LogP contribution in [0.25, 0.3) is 0 Å². The first kappa shape index (κ1) is 11.6. The van der Waals surface area contributed by atoms with Crippen LogP contribution >= 0.6 is 34.3 Å². The summed E-state index contributed by atoms with van der Waals surface area (Å²) in [6, 6.07) is 7.45. The van der Waals surface area contributed by atoms with E-state index in [1.54, 1.807) is 0 Å². The molecule has 1 atom stereocenters. The van der Waals surface area contributed by atoms with Crippen molar-refractivity contribution in [1.29, 1.82) is 0 Å². The van der Waals surface area contributed by atoms with Crippen LogP contribution in [0, 0.1) is 0 Å². The SMILES string of the molecule is C[C@H](NC(=O)c1cccs1)c1ccc(Cl)s1. The van der Waals surface area contributed by atoms with Crippen LogP contribution in [-0.2, 0) is 0 Å². The number of amides is 1. The Hall–Kier alpha value is -0.840. The van der Waals surface area contributed by atoms with Gasteiger partial charge in [-0.25, -0.2) is 0 Å². The van der Waals surface area contributed by atoms with Gasteiger partial charge in [0.2, 0.25) is 0 Å². The standard InChI is InChI=1S/C11H10ClNOS2/c1-7(8-4-5-10(12)16-8)13-11(14)9-3-2-6-15-9/h2-7H,1H3,(H,13,14)/t7-/m0/s1. The molecule has 84 valence electrons. The van der Waals surface area contributed by atoms with Crippen LogP contribution in [0.15, 0.2) is 29.6 Å². The van der Waals surface area contributed by atoms with E-state index in [-0.39, 0.29) is 11.9 Å². The van der Waals surface area contributed by atoms with Gasteiger partial charge in [-0.2, -0.15) is 0 Å². The molecule has 0 saturated carbocycles. The van der Waals surface area contributed by atoms with E-state index in [1.807, 2.05) is 36.6 Å². The van der Waals surface area contributed by atoms with Gasteiger partial charge in [0.25, 0.3) is 5.91 Å². The Morgan fingerprint density at radius 1 is 1.44 bits per heavy atom. The zero-order valence-electron chi connectivity index (χ0n) is 8.57. The average Bonchev–Trinajstić information content (AvgIpc) is 2.87. The maximum absolute atomic E-state index is 11.8. The van der Waals surface area contributed by atoms with E-state index in [4.69, 9.17) is 11.6 Å². The second-order valence-electron chi connectivity index (χ2n) is 3.31. The summed E-state index contributed by atoms with van der Waals surface area (Å²) in [5.74, 6) is -0.0352. The van der Waals surface area contributed by atoms with Gasteiger partial charge in [-0.05, 0) is 30.5 Å². The molecule has 5 heteroatoms. The number of hydrogen-bond donors (Lipinski definition) is 1. The Bertz CT molecular complexity index is 478.